The van der Waals surface area contributed by atoms with E-state index in [0.29, 0.717) is 33.8 Å². The third-order valence-corrected chi connectivity index (χ3v) is 4.27. The lowest BCUT2D eigenvalue weighted by atomic mass is 10.1. The van der Waals surface area contributed by atoms with Crippen LogP contribution in [-0.4, -0.2) is 51.8 Å². The Morgan fingerprint density at radius 1 is 1.29 bits per heavy atom. The monoisotopic (exact) mass is 417 g/mol. The molecule has 0 atom stereocenters. The summed E-state index contributed by atoms with van der Waals surface area (Å²) in [6.07, 6.45) is 4.67. The third-order valence-electron chi connectivity index (χ3n) is 4.27. The van der Waals surface area contributed by atoms with Crippen molar-refractivity contribution >= 4 is 40.6 Å². The Kier molecular flexibility index (Phi) is 6.31. The van der Waals surface area contributed by atoms with Crippen LogP contribution in [0.15, 0.2) is 42.2 Å². The number of rotatable bonds is 6. The smallest absolute Gasteiger partial charge is 0.264 e. The van der Waals surface area contributed by atoms with Gasteiger partial charge in [0.1, 0.15) is 23.0 Å². The fourth-order valence-electron chi connectivity index (χ4n) is 2.87. The highest BCUT2D eigenvalue weighted by Crippen LogP contribution is 2.21. The fraction of sp³-hybridized carbons (Fsp3) is 0.227. The van der Waals surface area contributed by atoms with Gasteiger partial charge in [-0.15, -0.1) is 0 Å². The van der Waals surface area contributed by atoms with Crippen molar-refractivity contribution in [2.45, 2.75) is 19.9 Å². The van der Waals surface area contributed by atoms with E-state index < -0.39 is 0 Å². The summed E-state index contributed by atoms with van der Waals surface area (Å²) >= 11 is 0. The standard InChI is InChI=1S/C22H23N7O2/c1-13(2)26-21(30)17-11-24-20-19(17)28-18(12-25-20)27-16-7-5-6-14(9-16)8-15(10-23)22(31)29(3)4/h5-9,11-13H,1-4H3,(H,24,25)(H,26,30)(H,27,28)/b15-8+. The number of anilines is 2. The number of aromatic amines is 1. The molecule has 1 aromatic carbocycles. The third kappa shape index (κ3) is 5.05. The first kappa shape index (κ1) is 21.5. The van der Waals surface area contributed by atoms with Gasteiger partial charge in [0.15, 0.2) is 5.65 Å². The zero-order valence-electron chi connectivity index (χ0n) is 17.7. The van der Waals surface area contributed by atoms with E-state index in [1.54, 1.807) is 44.7 Å². The Labute approximate surface area is 179 Å². The Bertz CT molecular complexity index is 1200. The van der Waals surface area contributed by atoms with E-state index in [0.717, 1.165) is 0 Å². The average Bonchev–Trinajstić information content (AvgIpc) is 3.14. The van der Waals surface area contributed by atoms with Gasteiger partial charge in [-0.1, -0.05) is 12.1 Å². The predicted octanol–water partition coefficient (Wildman–Crippen LogP) is 2.83. The van der Waals surface area contributed by atoms with Crippen molar-refractivity contribution in [3.8, 4) is 6.07 Å². The van der Waals surface area contributed by atoms with Crippen LogP contribution in [0.25, 0.3) is 17.2 Å². The summed E-state index contributed by atoms with van der Waals surface area (Å²) in [4.78, 5) is 37.6. The van der Waals surface area contributed by atoms with Crippen LogP contribution in [-0.2, 0) is 4.79 Å². The number of carbonyl (C=O) groups is 2. The van der Waals surface area contributed by atoms with Gasteiger partial charge >= 0.3 is 0 Å². The number of hydrogen-bond donors (Lipinski definition) is 3. The number of fused-ring (bicyclic) bond motifs is 1. The molecule has 9 heteroatoms. The zero-order valence-corrected chi connectivity index (χ0v) is 17.7. The summed E-state index contributed by atoms with van der Waals surface area (Å²) in [5.74, 6) is -0.136. The Hall–Kier alpha value is -4.19. The quantitative estimate of drug-likeness (QED) is 0.418. The number of hydrogen-bond acceptors (Lipinski definition) is 6. The van der Waals surface area contributed by atoms with Crippen molar-refractivity contribution < 1.29 is 9.59 Å². The number of carbonyl (C=O) groups excluding carboxylic acids is 2. The molecule has 3 rings (SSSR count). The van der Waals surface area contributed by atoms with Crippen LogP contribution < -0.4 is 10.6 Å². The van der Waals surface area contributed by atoms with Crippen LogP contribution in [0.2, 0.25) is 0 Å². The number of H-pyrrole nitrogens is 1. The Balaban J connectivity index is 1.88. The molecule has 0 spiro atoms. The SMILES string of the molecule is CC(C)NC(=O)c1c[nH]c2ncc(Nc3cccc(/C=C(\C#N)C(=O)N(C)C)c3)nc12. The maximum Gasteiger partial charge on any atom is 0.264 e. The van der Waals surface area contributed by atoms with Gasteiger partial charge in [-0.2, -0.15) is 5.26 Å². The molecule has 0 unspecified atom stereocenters. The minimum absolute atomic E-state index is 0.000176. The first-order chi connectivity index (χ1) is 14.8. The summed E-state index contributed by atoms with van der Waals surface area (Å²) in [5.41, 5.74) is 2.80. The van der Waals surface area contributed by atoms with Crippen LogP contribution >= 0.6 is 0 Å². The van der Waals surface area contributed by atoms with E-state index in [9.17, 15) is 14.9 Å². The summed E-state index contributed by atoms with van der Waals surface area (Å²) in [6, 6.07) is 9.14. The molecule has 0 aliphatic carbocycles. The maximum absolute atomic E-state index is 12.4. The van der Waals surface area contributed by atoms with Crippen LogP contribution in [0.4, 0.5) is 11.5 Å². The highest BCUT2D eigenvalue weighted by molar-refractivity contribution is 6.05. The molecule has 0 saturated heterocycles. The van der Waals surface area contributed by atoms with Gasteiger partial charge in [0.25, 0.3) is 11.8 Å². The second-order valence-electron chi connectivity index (χ2n) is 7.40. The number of nitrogens with one attached hydrogen (secondary N) is 3. The molecule has 0 radical (unpaired) electrons. The van der Waals surface area contributed by atoms with Crippen molar-refractivity contribution in [1.82, 2.24) is 25.2 Å². The highest BCUT2D eigenvalue weighted by Gasteiger charge is 2.16. The lowest BCUT2D eigenvalue weighted by Gasteiger charge is -2.10. The normalized spacial score (nSPS) is 11.3. The number of amides is 2. The first-order valence-corrected chi connectivity index (χ1v) is 9.64. The van der Waals surface area contributed by atoms with Crippen LogP contribution in [0.5, 0.6) is 0 Å². The topological polar surface area (TPSA) is 127 Å². The summed E-state index contributed by atoms with van der Waals surface area (Å²) in [7, 11) is 3.19. The highest BCUT2D eigenvalue weighted by atomic mass is 16.2. The van der Waals surface area contributed by atoms with Crippen molar-refractivity contribution in [1.29, 1.82) is 5.26 Å². The van der Waals surface area contributed by atoms with E-state index >= 15 is 0 Å². The molecule has 3 aromatic rings. The van der Waals surface area contributed by atoms with Crippen LogP contribution in [0, 0.1) is 11.3 Å². The van der Waals surface area contributed by atoms with Gasteiger partial charge in [-0.3, -0.25) is 9.59 Å². The molecule has 0 bridgehead atoms. The van der Waals surface area contributed by atoms with E-state index in [-0.39, 0.29) is 23.4 Å². The van der Waals surface area contributed by atoms with Crippen molar-refractivity contribution in [3.05, 3.63) is 53.4 Å². The zero-order chi connectivity index (χ0) is 22.5. The average molecular weight is 417 g/mol. The lowest BCUT2D eigenvalue weighted by molar-refractivity contribution is -0.124. The number of nitrogens with zero attached hydrogens (tertiary/aromatic N) is 4. The summed E-state index contributed by atoms with van der Waals surface area (Å²) in [5, 5.41) is 15.3. The molecule has 2 aromatic heterocycles. The Morgan fingerprint density at radius 2 is 2.06 bits per heavy atom. The van der Waals surface area contributed by atoms with Gasteiger partial charge in [-0.05, 0) is 37.6 Å². The molecular formula is C22H23N7O2. The molecule has 3 N–H and O–H groups in total. The second kappa shape index (κ2) is 9.09. The van der Waals surface area contributed by atoms with Gasteiger partial charge < -0.3 is 20.5 Å². The van der Waals surface area contributed by atoms with Crippen LogP contribution in [0.3, 0.4) is 0 Å². The van der Waals surface area contributed by atoms with Gasteiger partial charge in [0.05, 0.1) is 11.8 Å². The van der Waals surface area contributed by atoms with Crippen LogP contribution in [0.1, 0.15) is 29.8 Å². The minimum atomic E-state index is -0.364. The van der Waals surface area contributed by atoms with E-state index in [2.05, 4.69) is 25.6 Å². The predicted molar refractivity (Wildman–Crippen MR) is 118 cm³/mol. The van der Waals surface area contributed by atoms with E-state index in [1.807, 2.05) is 26.0 Å². The van der Waals surface area contributed by atoms with Gasteiger partial charge in [-0.25, -0.2) is 9.97 Å². The van der Waals surface area contributed by atoms with Gasteiger partial charge in [0.2, 0.25) is 0 Å². The molecule has 0 fully saturated rings. The number of aromatic nitrogens is 3. The maximum atomic E-state index is 12.4. The Morgan fingerprint density at radius 3 is 2.74 bits per heavy atom. The molecule has 0 aliphatic heterocycles. The van der Waals surface area contributed by atoms with Crippen molar-refractivity contribution in [3.63, 3.8) is 0 Å². The summed E-state index contributed by atoms with van der Waals surface area (Å²) < 4.78 is 0. The molecular weight excluding hydrogens is 394 g/mol. The van der Waals surface area contributed by atoms with E-state index in [4.69, 9.17) is 0 Å². The van der Waals surface area contributed by atoms with Gasteiger partial charge in [0, 0.05) is 32.0 Å². The van der Waals surface area contributed by atoms with Crippen molar-refractivity contribution in [2.75, 3.05) is 19.4 Å². The van der Waals surface area contributed by atoms with Crippen molar-refractivity contribution in [2.24, 2.45) is 0 Å². The second-order valence-corrected chi connectivity index (χ2v) is 7.40. The molecule has 0 aliphatic rings. The molecule has 0 saturated carbocycles. The molecule has 158 valence electrons. The first-order valence-electron chi connectivity index (χ1n) is 9.64. The number of nitriles is 1. The minimum Gasteiger partial charge on any atom is -0.350 e. The molecule has 2 amide bonds. The molecule has 2 heterocycles. The van der Waals surface area contributed by atoms with E-state index in [1.165, 1.54) is 11.0 Å². The fourth-order valence-corrected chi connectivity index (χ4v) is 2.87. The summed E-state index contributed by atoms with van der Waals surface area (Å²) in [6.45, 7) is 3.77. The molecule has 31 heavy (non-hydrogen) atoms. The number of benzene rings is 1. The largest absolute Gasteiger partial charge is 0.350 e. The number of likely N-dealkylation sites (N-methyl/N-ethyl adjacent to an activating group) is 1. The lowest BCUT2D eigenvalue weighted by Crippen LogP contribution is -2.29. The molecule has 9 nitrogen and oxygen atoms in total.